The normalized spacial score (nSPS) is 32.2. The van der Waals surface area contributed by atoms with Gasteiger partial charge >= 0.3 is 0 Å². The smallest absolute Gasteiger partial charge is 0.185 e. The van der Waals surface area contributed by atoms with Gasteiger partial charge in [0.15, 0.2) is 11.6 Å². The van der Waals surface area contributed by atoms with Crippen LogP contribution in [0.25, 0.3) is 0 Å². The van der Waals surface area contributed by atoms with Gasteiger partial charge in [0.1, 0.15) is 5.78 Å². The van der Waals surface area contributed by atoms with E-state index in [-0.39, 0.29) is 29.4 Å². The van der Waals surface area contributed by atoms with E-state index in [4.69, 9.17) is 4.74 Å². The van der Waals surface area contributed by atoms with Gasteiger partial charge in [-0.1, -0.05) is 13.3 Å². The maximum atomic E-state index is 12.1. The Labute approximate surface area is 111 Å². The van der Waals surface area contributed by atoms with Crippen LogP contribution in [0.15, 0.2) is 23.3 Å². The van der Waals surface area contributed by atoms with Crippen molar-refractivity contribution < 1.29 is 19.1 Å². The summed E-state index contributed by atoms with van der Waals surface area (Å²) in [6.45, 7) is 2.04. The molecule has 1 saturated heterocycles. The third-order valence-corrected chi connectivity index (χ3v) is 4.15. The summed E-state index contributed by atoms with van der Waals surface area (Å²) in [5.74, 6) is -0.383. The van der Waals surface area contributed by atoms with Gasteiger partial charge in [-0.15, -0.1) is 0 Å². The molecular weight excluding hydrogens is 244 g/mol. The van der Waals surface area contributed by atoms with Crippen LogP contribution in [0, 0.1) is 5.92 Å². The number of carbonyl (C=O) groups excluding carboxylic acids is 3. The number of fused-ring (bicyclic) bond motifs is 4. The van der Waals surface area contributed by atoms with Crippen LogP contribution in [0.5, 0.6) is 0 Å². The molecule has 0 aromatic carbocycles. The summed E-state index contributed by atoms with van der Waals surface area (Å²) in [6.07, 6.45) is 4.70. The molecule has 2 bridgehead atoms. The first kappa shape index (κ1) is 12.5. The van der Waals surface area contributed by atoms with Crippen molar-refractivity contribution in [1.82, 2.24) is 0 Å². The fraction of sp³-hybridized carbons (Fsp3) is 0.533. The highest BCUT2D eigenvalue weighted by Gasteiger charge is 2.53. The summed E-state index contributed by atoms with van der Waals surface area (Å²) in [6, 6.07) is 0. The van der Waals surface area contributed by atoms with E-state index in [0.29, 0.717) is 24.0 Å². The number of hydrogen-bond acceptors (Lipinski definition) is 4. The lowest BCUT2D eigenvalue weighted by atomic mass is 9.76. The lowest BCUT2D eigenvalue weighted by Gasteiger charge is -2.22. The Morgan fingerprint density at radius 2 is 1.95 bits per heavy atom. The van der Waals surface area contributed by atoms with E-state index in [2.05, 4.69) is 0 Å². The Balaban J connectivity index is 1.85. The fourth-order valence-electron chi connectivity index (χ4n) is 3.20. The van der Waals surface area contributed by atoms with Gasteiger partial charge in [0.25, 0.3) is 0 Å². The van der Waals surface area contributed by atoms with Crippen molar-refractivity contribution in [1.29, 1.82) is 0 Å². The van der Waals surface area contributed by atoms with Crippen molar-refractivity contribution >= 4 is 17.3 Å². The zero-order chi connectivity index (χ0) is 13.6. The van der Waals surface area contributed by atoms with Gasteiger partial charge in [0, 0.05) is 17.6 Å². The largest absolute Gasteiger partial charge is 0.364 e. The number of ketones is 3. The van der Waals surface area contributed by atoms with Crippen molar-refractivity contribution in [2.75, 3.05) is 0 Å². The summed E-state index contributed by atoms with van der Waals surface area (Å²) in [4.78, 5) is 35.8. The van der Waals surface area contributed by atoms with E-state index in [1.54, 1.807) is 0 Å². The van der Waals surface area contributed by atoms with Gasteiger partial charge in [-0.2, -0.15) is 0 Å². The maximum absolute atomic E-state index is 12.1. The molecule has 0 radical (unpaired) electrons. The van der Waals surface area contributed by atoms with Crippen LogP contribution in [-0.4, -0.2) is 29.6 Å². The predicted octanol–water partition coefficient (Wildman–Crippen LogP) is 1.54. The third-order valence-electron chi connectivity index (χ3n) is 4.15. The van der Waals surface area contributed by atoms with Gasteiger partial charge in [-0.3, -0.25) is 14.4 Å². The number of allylic oxidation sites excluding steroid dienone is 2. The van der Waals surface area contributed by atoms with Crippen LogP contribution < -0.4 is 0 Å². The van der Waals surface area contributed by atoms with Crippen LogP contribution in [0.4, 0.5) is 0 Å². The molecule has 100 valence electrons. The van der Waals surface area contributed by atoms with Crippen molar-refractivity contribution in [3.05, 3.63) is 23.3 Å². The Kier molecular flexibility index (Phi) is 2.97. The molecule has 0 N–H and O–H groups in total. The van der Waals surface area contributed by atoms with E-state index >= 15 is 0 Å². The second kappa shape index (κ2) is 4.53. The second-order valence-electron chi connectivity index (χ2n) is 5.35. The number of hydrogen-bond donors (Lipinski definition) is 0. The molecule has 3 aliphatic rings. The minimum absolute atomic E-state index is 0.137. The Morgan fingerprint density at radius 3 is 2.63 bits per heavy atom. The molecule has 0 unspecified atom stereocenters. The lowest BCUT2D eigenvalue weighted by Crippen LogP contribution is -2.33. The van der Waals surface area contributed by atoms with E-state index in [1.165, 1.54) is 12.2 Å². The number of ether oxygens (including phenoxy) is 1. The maximum Gasteiger partial charge on any atom is 0.185 e. The minimum atomic E-state index is -0.481. The first-order valence-electron chi connectivity index (χ1n) is 6.82. The number of Topliss-reactive ketones (excluding diaryl/α,β-unsaturated/α-hetero) is 1. The molecule has 0 aromatic heterocycles. The molecule has 0 amide bonds. The number of rotatable bonds is 4. The van der Waals surface area contributed by atoms with Gasteiger partial charge in [-0.25, -0.2) is 0 Å². The Morgan fingerprint density at radius 1 is 1.26 bits per heavy atom. The summed E-state index contributed by atoms with van der Waals surface area (Å²) >= 11 is 0. The Bertz CT molecular complexity index is 526. The number of carbonyl (C=O) groups is 3. The Hall–Kier alpha value is -1.55. The summed E-state index contributed by atoms with van der Waals surface area (Å²) in [5, 5.41) is 0. The molecule has 0 aromatic rings. The first-order chi connectivity index (χ1) is 9.13. The van der Waals surface area contributed by atoms with Gasteiger partial charge < -0.3 is 4.74 Å². The minimum Gasteiger partial charge on any atom is -0.364 e. The molecule has 0 saturated carbocycles. The molecule has 2 aliphatic heterocycles. The molecular formula is C15H16O4. The highest BCUT2D eigenvalue weighted by molar-refractivity contribution is 6.22. The van der Waals surface area contributed by atoms with Crippen molar-refractivity contribution in [3.63, 3.8) is 0 Å². The van der Waals surface area contributed by atoms with Crippen LogP contribution >= 0.6 is 0 Å². The zero-order valence-corrected chi connectivity index (χ0v) is 10.8. The molecule has 1 fully saturated rings. The van der Waals surface area contributed by atoms with Crippen LogP contribution in [0.1, 0.15) is 32.6 Å². The van der Waals surface area contributed by atoms with Crippen molar-refractivity contribution in [3.8, 4) is 0 Å². The van der Waals surface area contributed by atoms with Gasteiger partial charge in [-0.05, 0) is 25.0 Å². The van der Waals surface area contributed by atoms with Crippen LogP contribution in [-0.2, 0) is 19.1 Å². The van der Waals surface area contributed by atoms with E-state index in [9.17, 15) is 14.4 Å². The monoisotopic (exact) mass is 260 g/mol. The molecule has 2 heterocycles. The van der Waals surface area contributed by atoms with E-state index < -0.39 is 6.10 Å². The van der Waals surface area contributed by atoms with Crippen LogP contribution in [0.3, 0.4) is 0 Å². The molecule has 3 atom stereocenters. The summed E-state index contributed by atoms with van der Waals surface area (Å²) in [7, 11) is 0. The highest BCUT2D eigenvalue weighted by atomic mass is 16.5. The topological polar surface area (TPSA) is 60.4 Å². The van der Waals surface area contributed by atoms with E-state index in [0.717, 1.165) is 12.8 Å². The molecule has 1 aliphatic carbocycles. The van der Waals surface area contributed by atoms with Gasteiger partial charge in [0.05, 0.1) is 18.1 Å². The average Bonchev–Trinajstić information content (AvgIpc) is 2.98. The fourth-order valence-corrected chi connectivity index (χ4v) is 3.20. The molecule has 4 heteroatoms. The van der Waals surface area contributed by atoms with E-state index in [1.807, 2.05) is 6.92 Å². The number of unbranched alkanes of at least 4 members (excludes halogenated alkanes) is 1. The second-order valence-corrected chi connectivity index (χ2v) is 5.35. The van der Waals surface area contributed by atoms with Gasteiger partial charge in [0.2, 0.25) is 0 Å². The molecule has 4 nitrogen and oxygen atoms in total. The van der Waals surface area contributed by atoms with Crippen LogP contribution in [0.2, 0.25) is 0 Å². The van der Waals surface area contributed by atoms with Crippen molar-refractivity contribution in [2.45, 2.75) is 44.8 Å². The lowest BCUT2D eigenvalue weighted by molar-refractivity contribution is -0.124. The summed E-state index contributed by atoms with van der Waals surface area (Å²) < 4.78 is 5.70. The third kappa shape index (κ3) is 1.82. The molecule has 0 spiro atoms. The highest BCUT2D eigenvalue weighted by Crippen LogP contribution is 2.45. The zero-order valence-electron chi connectivity index (χ0n) is 10.8. The average molecular weight is 260 g/mol. The summed E-state index contributed by atoms with van der Waals surface area (Å²) in [5.41, 5.74) is 0.940. The standard InChI is InChI=1S/C15H16O4/c1-2-3-4-9(16)8-7-12-13-10(17)5-6-11(18)14(13)15(8)19-12/h5-6,8,12,15H,2-4,7H2,1H3/t8-,12-,15+/m1/s1. The molecule has 3 rings (SSSR count). The SMILES string of the molecule is CCCCC(=O)[C@H]1C[C@H]2O[C@@H]1C1=C2C(=O)C=CC1=O. The predicted molar refractivity (Wildman–Crippen MR) is 67.5 cm³/mol. The quantitative estimate of drug-likeness (QED) is 0.719. The molecule has 19 heavy (non-hydrogen) atoms. The van der Waals surface area contributed by atoms with Crippen molar-refractivity contribution in [2.24, 2.45) is 5.92 Å². The first-order valence-corrected chi connectivity index (χ1v) is 6.82.